The maximum atomic E-state index is 11.5. The van der Waals surface area contributed by atoms with Gasteiger partial charge in [0.1, 0.15) is 0 Å². The zero-order valence-electron chi connectivity index (χ0n) is 10.9. The number of esters is 2. The summed E-state index contributed by atoms with van der Waals surface area (Å²) in [6, 6.07) is 0. The molecule has 0 fully saturated rings. The highest BCUT2D eigenvalue weighted by Gasteiger charge is 2.24. The largest absolute Gasteiger partial charge is 0.466 e. The Balaban J connectivity index is 4.13. The lowest BCUT2D eigenvalue weighted by Crippen LogP contribution is -2.29. The van der Waals surface area contributed by atoms with Crippen molar-refractivity contribution in [3.05, 3.63) is 0 Å². The molecule has 0 aromatic heterocycles. The summed E-state index contributed by atoms with van der Waals surface area (Å²) in [7, 11) is 0. The van der Waals surface area contributed by atoms with E-state index in [1.165, 1.54) is 0 Å². The summed E-state index contributed by atoms with van der Waals surface area (Å²) in [5, 5.41) is 0. The van der Waals surface area contributed by atoms with Crippen molar-refractivity contribution < 1.29 is 19.1 Å². The summed E-state index contributed by atoms with van der Waals surface area (Å²) in [6.07, 6.45) is 0.842. The minimum absolute atomic E-state index is 0.0431. The van der Waals surface area contributed by atoms with E-state index in [0.29, 0.717) is 32.6 Å². The Kier molecular flexibility index (Phi) is 8.40. The quantitative estimate of drug-likeness (QED) is 0.648. The van der Waals surface area contributed by atoms with E-state index in [1.54, 1.807) is 20.8 Å². The van der Waals surface area contributed by atoms with Crippen LogP contribution in [0.2, 0.25) is 0 Å². The maximum Gasteiger partial charge on any atom is 0.308 e. The van der Waals surface area contributed by atoms with Gasteiger partial charge in [-0.25, -0.2) is 0 Å². The van der Waals surface area contributed by atoms with E-state index < -0.39 is 0 Å². The Morgan fingerprint density at radius 1 is 1.18 bits per heavy atom. The van der Waals surface area contributed by atoms with E-state index >= 15 is 0 Å². The normalized spacial score (nSPS) is 13.9. The van der Waals surface area contributed by atoms with Gasteiger partial charge in [0.2, 0.25) is 0 Å². The van der Waals surface area contributed by atoms with Crippen molar-refractivity contribution in [1.29, 1.82) is 0 Å². The molecule has 0 aliphatic rings. The molecule has 0 spiro atoms. The molecule has 0 radical (unpaired) electrons. The number of carbonyl (C=O) groups is 2. The summed E-state index contributed by atoms with van der Waals surface area (Å²) in [6.45, 7) is 6.40. The fourth-order valence-electron chi connectivity index (χ4n) is 1.57. The molecule has 0 aromatic carbocycles. The van der Waals surface area contributed by atoms with E-state index in [1.807, 2.05) is 0 Å². The van der Waals surface area contributed by atoms with E-state index in [9.17, 15) is 9.59 Å². The molecule has 0 amide bonds. The lowest BCUT2D eigenvalue weighted by atomic mass is 9.90. The van der Waals surface area contributed by atoms with Crippen LogP contribution in [0.1, 0.15) is 33.6 Å². The molecule has 0 heterocycles. The molecule has 2 unspecified atom stereocenters. The van der Waals surface area contributed by atoms with Gasteiger partial charge in [-0.05, 0) is 32.7 Å². The second-order valence-electron chi connectivity index (χ2n) is 3.88. The van der Waals surface area contributed by atoms with Crippen molar-refractivity contribution >= 4 is 11.9 Å². The van der Waals surface area contributed by atoms with Gasteiger partial charge in [0, 0.05) is 6.42 Å². The van der Waals surface area contributed by atoms with Gasteiger partial charge in [-0.15, -0.1) is 0 Å². The van der Waals surface area contributed by atoms with Crippen LogP contribution in [-0.2, 0) is 19.1 Å². The first-order chi connectivity index (χ1) is 8.06. The molecule has 0 rings (SSSR count). The van der Waals surface area contributed by atoms with Crippen LogP contribution in [0.3, 0.4) is 0 Å². The molecule has 2 atom stereocenters. The van der Waals surface area contributed by atoms with E-state index in [-0.39, 0.29) is 23.8 Å². The molecule has 0 saturated carbocycles. The second kappa shape index (κ2) is 8.98. The molecule has 0 aliphatic carbocycles. The highest BCUT2D eigenvalue weighted by molar-refractivity contribution is 5.73. The molecular formula is C12H23NO4. The van der Waals surface area contributed by atoms with Crippen molar-refractivity contribution in [1.82, 2.24) is 0 Å². The molecule has 0 aromatic rings. The van der Waals surface area contributed by atoms with E-state index in [0.717, 1.165) is 0 Å². The topological polar surface area (TPSA) is 78.6 Å². The maximum absolute atomic E-state index is 11.5. The number of hydrogen-bond acceptors (Lipinski definition) is 5. The van der Waals surface area contributed by atoms with Gasteiger partial charge in [-0.1, -0.05) is 6.92 Å². The Bertz CT molecular complexity index is 243. The number of hydrogen-bond donors (Lipinski definition) is 1. The molecular weight excluding hydrogens is 222 g/mol. The van der Waals surface area contributed by atoms with Crippen molar-refractivity contribution in [2.75, 3.05) is 19.8 Å². The zero-order valence-corrected chi connectivity index (χ0v) is 10.9. The molecule has 2 N–H and O–H groups in total. The van der Waals surface area contributed by atoms with Crippen LogP contribution >= 0.6 is 0 Å². The van der Waals surface area contributed by atoms with Crippen molar-refractivity contribution in [3.8, 4) is 0 Å². The van der Waals surface area contributed by atoms with Crippen LogP contribution in [0.5, 0.6) is 0 Å². The highest BCUT2D eigenvalue weighted by Crippen LogP contribution is 2.18. The van der Waals surface area contributed by atoms with Crippen LogP contribution in [0, 0.1) is 11.8 Å². The third-order valence-electron chi connectivity index (χ3n) is 2.69. The molecule has 17 heavy (non-hydrogen) atoms. The van der Waals surface area contributed by atoms with Gasteiger partial charge in [0.05, 0.1) is 19.1 Å². The monoisotopic (exact) mass is 245 g/mol. The summed E-state index contributed by atoms with van der Waals surface area (Å²) in [5.74, 6) is -0.832. The van der Waals surface area contributed by atoms with Gasteiger partial charge in [-0.3, -0.25) is 9.59 Å². The smallest absolute Gasteiger partial charge is 0.308 e. The third kappa shape index (κ3) is 6.26. The fraction of sp³-hybridized carbons (Fsp3) is 0.833. The van der Waals surface area contributed by atoms with Crippen molar-refractivity contribution in [2.24, 2.45) is 17.6 Å². The Morgan fingerprint density at radius 3 is 2.24 bits per heavy atom. The SMILES string of the molecule is CCOC(=O)CCC(CN)C(C)C(=O)OCC. The van der Waals surface area contributed by atoms with Gasteiger partial charge < -0.3 is 15.2 Å². The highest BCUT2D eigenvalue weighted by atomic mass is 16.5. The van der Waals surface area contributed by atoms with Gasteiger partial charge in [-0.2, -0.15) is 0 Å². The zero-order chi connectivity index (χ0) is 13.3. The van der Waals surface area contributed by atoms with Crippen LogP contribution in [0.25, 0.3) is 0 Å². The first-order valence-corrected chi connectivity index (χ1v) is 6.09. The molecule has 5 heteroatoms. The Labute approximate surface area is 103 Å². The average Bonchev–Trinajstić information content (AvgIpc) is 2.30. The summed E-state index contributed by atoms with van der Waals surface area (Å²) >= 11 is 0. The predicted octanol–water partition coefficient (Wildman–Crippen LogP) is 1.10. The minimum Gasteiger partial charge on any atom is -0.466 e. The summed E-state index contributed by atoms with van der Waals surface area (Å²) < 4.78 is 9.76. The Hall–Kier alpha value is -1.10. The summed E-state index contributed by atoms with van der Waals surface area (Å²) in [5.41, 5.74) is 5.61. The van der Waals surface area contributed by atoms with Gasteiger partial charge >= 0.3 is 11.9 Å². The van der Waals surface area contributed by atoms with E-state index in [4.69, 9.17) is 15.2 Å². The van der Waals surface area contributed by atoms with Crippen LogP contribution in [0.4, 0.5) is 0 Å². The minimum atomic E-state index is -0.283. The van der Waals surface area contributed by atoms with Crippen molar-refractivity contribution in [2.45, 2.75) is 33.6 Å². The number of ether oxygens (including phenoxy) is 2. The second-order valence-corrected chi connectivity index (χ2v) is 3.88. The predicted molar refractivity (Wildman–Crippen MR) is 64.2 cm³/mol. The Morgan fingerprint density at radius 2 is 1.76 bits per heavy atom. The lowest BCUT2D eigenvalue weighted by Gasteiger charge is -2.20. The number of carbonyl (C=O) groups excluding carboxylic acids is 2. The number of nitrogens with two attached hydrogens (primary N) is 1. The molecule has 0 aliphatic heterocycles. The third-order valence-corrected chi connectivity index (χ3v) is 2.69. The van der Waals surface area contributed by atoms with Gasteiger partial charge in [0.25, 0.3) is 0 Å². The molecule has 5 nitrogen and oxygen atoms in total. The van der Waals surface area contributed by atoms with E-state index in [2.05, 4.69) is 0 Å². The fourth-order valence-corrected chi connectivity index (χ4v) is 1.57. The molecule has 100 valence electrons. The lowest BCUT2D eigenvalue weighted by molar-refractivity contribution is -0.150. The molecule has 0 saturated heterocycles. The number of rotatable bonds is 8. The van der Waals surface area contributed by atoms with Crippen molar-refractivity contribution in [3.63, 3.8) is 0 Å². The first-order valence-electron chi connectivity index (χ1n) is 6.09. The van der Waals surface area contributed by atoms with Crippen LogP contribution in [-0.4, -0.2) is 31.7 Å². The summed E-state index contributed by atoms with van der Waals surface area (Å²) in [4.78, 5) is 22.7. The van der Waals surface area contributed by atoms with Crippen LogP contribution in [0.15, 0.2) is 0 Å². The first kappa shape index (κ1) is 15.9. The average molecular weight is 245 g/mol. The van der Waals surface area contributed by atoms with Gasteiger partial charge in [0.15, 0.2) is 0 Å². The molecule has 0 bridgehead atoms. The standard InChI is InChI=1S/C12H23NO4/c1-4-16-11(14)7-6-10(8-13)9(3)12(15)17-5-2/h9-10H,4-8,13H2,1-3H3. The van der Waals surface area contributed by atoms with Crippen LogP contribution < -0.4 is 5.73 Å².